The van der Waals surface area contributed by atoms with Crippen LogP contribution >= 0.6 is 0 Å². The van der Waals surface area contributed by atoms with Crippen molar-refractivity contribution in [3.63, 3.8) is 0 Å². The van der Waals surface area contributed by atoms with Gasteiger partial charge in [0.2, 0.25) is 0 Å². The van der Waals surface area contributed by atoms with Gasteiger partial charge in [-0.2, -0.15) is 0 Å². The van der Waals surface area contributed by atoms with Gasteiger partial charge < -0.3 is 20.1 Å². The Hall–Kier alpha value is -0.650. The number of nitrogens with zero attached hydrogens (tertiary/aromatic N) is 1. The number of carboxylic acid groups (broad SMARTS) is 1. The Morgan fingerprint density at radius 2 is 2.06 bits per heavy atom. The number of carboxylic acids is 1. The topological polar surface area (TPSA) is 61.8 Å². The van der Waals surface area contributed by atoms with E-state index in [9.17, 15) is 9.90 Å². The lowest BCUT2D eigenvalue weighted by Crippen LogP contribution is -2.51. The van der Waals surface area contributed by atoms with Gasteiger partial charge in [-0.15, -0.1) is 0 Å². The predicted octanol–water partition coefficient (Wildman–Crippen LogP) is 1.19. The normalized spacial score (nSPS) is 14.7. The minimum absolute atomic E-state index is 0.609. The van der Waals surface area contributed by atoms with Crippen LogP contribution in [-0.2, 0) is 9.53 Å². The van der Waals surface area contributed by atoms with Crippen molar-refractivity contribution >= 4 is 5.97 Å². The predicted molar refractivity (Wildman–Crippen MR) is 72.9 cm³/mol. The molecule has 0 aromatic rings. The second-order valence-corrected chi connectivity index (χ2v) is 4.67. The lowest BCUT2D eigenvalue weighted by molar-refractivity contribution is -0.145. The van der Waals surface area contributed by atoms with Gasteiger partial charge in [0.15, 0.2) is 0 Å². The third-order valence-corrected chi connectivity index (χ3v) is 3.35. The van der Waals surface area contributed by atoms with E-state index in [1.807, 2.05) is 20.9 Å². The Kier molecular flexibility index (Phi) is 8.97. The monoisotopic (exact) mass is 260 g/mol. The summed E-state index contributed by atoms with van der Waals surface area (Å²) in [5.41, 5.74) is -0.767. The first-order valence-corrected chi connectivity index (χ1v) is 6.68. The number of hydrogen-bond donors (Lipinski definition) is 2. The molecule has 0 heterocycles. The first-order valence-electron chi connectivity index (χ1n) is 6.68. The molecule has 0 fully saturated rings. The number of methoxy groups -OCH3 is 1. The molecule has 5 nitrogen and oxygen atoms in total. The Balaban J connectivity index is 4.15. The zero-order valence-electron chi connectivity index (χ0n) is 12.2. The Morgan fingerprint density at radius 3 is 2.50 bits per heavy atom. The number of carbonyl (C=O) groups is 1. The van der Waals surface area contributed by atoms with Crippen LogP contribution in [-0.4, -0.2) is 61.9 Å². The minimum Gasteiger partial charge on any atom is -0.480 e. The number of likely N-dealkylation sites (N-methyl/N-ethyl adjacent to an activating group) is 2. The van der Waals surface area contributed by atoms with Crippen molar-refractivity contribution in [2.45, 2.75) is 38.6 Å². The van der Waals surface area contributed by atoms with Crippen LogP contribution in [0.25, 0.3) is 0 Å². The SMILES string of the molecule is CCNC(CC)(CCCN(C)CCOC)C(=O)O. The summed E-state index contributed by atoms with van der Waals surface area (Å²) in [6.07, 6.45) is 2.13. The summed E-state index contributed by atoms with van der Waals surface area (Å²) in [7, 11) is 3.71. The van der Waals surface area contributed by atoms with Crippen molar-refractivity contribution in [2.24, 2.45) is 0 Å². The third kappa shape index (κ3) is 5.80. The first-order chi connectivity index (χ1) is 8.52. The molecule has 5 heteroatoms. The van der Waals surface area contributed by atoms with E-state index in [2.05, 4.69) is 10.2 Å². The van der Waals surface area contributed by atoms with Crippen LogP contribution in [0, 0.1) is 0 Å². The van der Waals surface area contributed by atoms with Gasteiger partial charge in [-0.1, -0.05) is 13.8 Å². The summed E-state index contributed by atoms with van der Waals surface area (Å²) < 4.78 is 5.01. The number of rotatable bonds is 11. The van der Waals surface area contributed by atoms with Crippen LogP contribution in [0.3, 0.4) is 0 Å². The maximum atomic E-state index is 11.4. The van der Waals surface area contributed by atoms with Gasteiger partial charge in [-0.25, -0.2) is 0 Å². The smallest absolute Gasteiger partial charge is 0.323 e. The summed E-state index contributed by atoms with van der Waals surface area (Å²) in [6.45, 7) is 7.03. The molecule has 0 saturated carbocycles. The molecule has 0 bridgehead atoms. The van der Waals surface area contributed by atoms with Gasteiger partial charge in [0.25, 0.3) is 0 Å². The van der Waals surface area contributed by atoms with Crippen LogP contribution < -0.4 is 5.32 Å². The van der Waals surface area contributed by atoms with Gasteiger partial charge >= 0.3 is 5.97 Å². The molecule has 1 atom stereocenters. The molecular weight excluding hydrogens is 232 g/mol. The van der Waals surface area contributed by atoms with Crippen LogP contribution in [0.15, 0.2) is 0 Å². The van der Waals surface area contributed by atoms with Crippen LogP contribution in [0.1, 0.15) is 33.1 Å². The average Bonchev–Trinajstić information content (AvgIpc) is 2.34. The van der Waals surface area contributed by atoms with Gasteiger partial charge in [-0.05, 0) is 39.4 Å². The quantitative estimate of drug-likeness (QED) is 0.584. The number of aliphatic carboxylic acids is 1. The average molecular weight is 260 g/mol. The van der Waals surface area contributed by atoms with E-state index >= 15 is 0 Å². The fraction of sp³-hybridized carbons (Fsp3) is 0.923. The molecule has 18 heavy (non-hydrogen) atoms. The van der Waals surface area contributed by atoms with Crippen molar-refractivity contribution in [1.29, 1.82) is 0 Å². The molecule has 0 radical (unpaired) electrons. The highest BCUT2D eigenvalue weighted by Gasteiger charge is 2.34. The summed E-state index contributed by atoms with van der Waals surface area (Å²) in [5.74, 6) is -0.744. The molecule has 0 rings (SSSR count). The zero-order chi connectivity index (χ0) is 14.0. The molecule has 0 aliphatic carbocycles. The van der Waals surface area contributed by atoms with E-state index in [0.717, 1.165) is 19.5 Å². The highest BCUT2D eigenvalue weighted by Crippen LogP contribution is 2.18. The molecular formula is C13H28N2O3. The fourth-order valence-electron chi connectivity index (χ4n) is 2.07. The summed E-state index contributed by atoms with van der Waals surface area (Å²) in [5, 5.41) is 12.5. The van der Waals surface area contributed by atoms with Gasteiger partial charge in [0, 0.05) is 13.7 Å². The molecule has 0 aliphatic rings. The second-order valence-electron chi connectivity index (χ2n) is 4.67. The summed E-state index contributed by atoms with van der Waals surface area (Å²) in [6, 6.07) is 0. The summed E-state index contributed by atoms with van der Waals surface area (Å²) in [4.78, 5) is 13.6. The maximum Gasteiger partial charge on any atom is 0.323 e. The van der Waals surface area contributed by atoms with Gasteiger partial charge in [0.1, 0.15) is 5.54 Å². The fourth-order valence-corrected chi connectivity index (χ4v) is 2.07. The molecule has 1 unspecified atom stereocenters. The van der Waals surface area contributed by atoms with Crippen molar-refractivity contribution in [1.82, 2.24) is 10.2 Å². The van der Waals surface area contributed by atoms with Crippen LogP contribution in [0.5, 0.6) is 0 Å². The van der Waals surface area contributed by atoms with E-state index in [1.165, 1.54) is 0 Å². The third-order valence-electron chi connectivity index (χ3n) is 3.35. The first kappa shape index (κ1) is 17.4. The lowest BCUT2D eigenvalue weighted by atomic mass is 9.90. The lowest BCUT2D eigenvalue weighted by Gasteiger charge is -2.30. The van der Waals surface area contributed by atoms with E-state index in [4.69, 9.17) is 4.74 Å². The highest BCUT2D eigenvalue weighted by molar-refractivity contribution is 5.78. The molecule has 0 aliphatic heterocycles. The number of hydrogen-bond acceptors (Lipinski definition) is 4. The van der Waals surface area contributed by atoms with Crippen molar-refractivity contribution in [3.05, 3.63) is 0 Å². The molecule has 0 aromatic carbocycles. The standard InChI is InChI=1S/C13H28N2O3/c1-5-13(12(16)17,14-6-2)8-7-9-15(3)10-11-18-4/h14H,5-11H2,1-4H3,(H,16,17). The van der Waals surface area contributed by atoms with Crippen molar-refractivity contribution < 1.29 is 14.6 Å². The Labute approximate surface area is 110 Å². The van der Waals surface area contributed by atoms with Crippen molar-refractivity contribution in [3.8, 4) is 0 Å². The molecule has 0 saturated heterocycles. The number of ether oxygens (including phenoxy) is 1. The van der Waals surface area contributed by atoms with E-state index in [0.29, 0.717) is 26.0 Å². The van der Waals surface area contributed by atoms with Gasteiger partial charge in [-0.3, -0.25) is 4.79 Å². The summed E-state index contributed by atoms with van der Waals surface area (Å²) >= 11 is 0. The highest BCUT2D eigenvalue weighted by atomic mass is 16.5. The Morgan fingerprint density at radius 1 is 1.39 bits per heavy atom. The zero-order valence-corrected chi connectivity index (χ0v) is 12.2. The maximum absolute atomic E-state index is 11.4. The molecule has 0 amide bonds. The Bertz CT molecular complexity index is 236. The van der Waals surface area contributed by atoms with Crippen LogP contribution in [0.2, 0.25) is 0 Å². The van der Waals surface area contributed by atoms with E-state index in [1.54, 1.807) is 7.11 Å². The van der Waals surface area contributed by atoms with E-state index < -0.39 is 11.5 Å². The molecule has 108 valence electrons. The largest absolute Gasteiger partial charge is 0.480 e. The molecule has 0 aromatic heterocycles. The second kappa shape index (κ2) is 9.30. The van der Waals surface area contributed by atoms with Gasteiger partial charge in [0.05, 0.1) is 6.61 Å². The minimum atomic E-state index is -0.767. The van der Waals surface area contributed by atoms with Crippen LogP contribution in [0.4, 0.5) is 0 Å². The number of nitrogens with one attached hydrogen (secondary N) is 1. The van der Waals surface area contributed by atoms with Crippen molar-refractivity contribution in [2.75, 3.05) is 40.4 Å². The molecule has 2 N–H and O–H groups in total. The van der Waals surface area contributed by atoms with E-state index in [-0.39, 0.29) is 0 Å². The molecule has 0 spiro atoms.